The first-order valence-corrected chi connectivity index (χ1v) is 13.4. The van der Waals surface area contributed by atoms with Crippen molar-refractivity contribution in [2.75, 3.05) is 19.8 Å². The van der Waals surface area contributed by atoms with E-state index in [0.717, 1.165) is 49.8 Å². The van der Waals surface area contributed by atoms with Crippen LogP contribution in [0, 0.1) is 0 Å². The van der Waals surface area contributed by atoms with Crippen molar-refractivity contribution in [1.29, 1.82) is 0 Å². The molecule has 0 bridgehead atoms. The van der Waals surface area contributed by atoms with Gasteiger partial charge in [-0.2, -0.15) is 5.10 Å². The van der Waals surface area contributed by atoms with Crippen molar-refractivity contribution < 1.29 is 24.1 Å². The summed E-state index contributed by atoms with van der Waals surface area (Å²) in [5.74, 6) is 0.469. The molecule has 0 spiro atoms. The second-order valence-electron chi connectivity index (χ2n) is 9.56. The third-order valence-corrected chi connectivity index (χ3v) is 7.23. The Morgan fingerprint density at radius 1 is 1.10 bits per heavy atom. The third-order valence-electron chi connectivity index (χ3n) is 7.23. The number of nitrogens with zero attached hydrogens (tertiary/aromatic N) is 2. The van der Waals surface area contributed by atoms with Gasteiger partial charge in [0, 0.05) is 21.9 Å². The zero-order chi connectivity index (χ0) is 26.8. The average molecular weight is 526 g/mol. The number of H-pyrrole nitrogens is 1. The van der Waals surface area contributed by atoms with Gasteiger partial charge in [-0.05, 0) is 36.8 Å². The van der Waals surface area contributed by atoms with E-state index in [0.29, 0.717) is 50.6 Å². The summed E-state index contributed by atoms with van der Waals surface area (Å²) < 4.78 is 19.2. The molecule has 2 aromatic heterocycles. The number of carbonyl (C=O) groups is 1. The van der Waals surface area contributed by atoms with Gasteiger partial charge in [0.1, 0.15) is 11.4 Å². The van der Waals surface area contributed by atoms with E-state index in [1.165, 1.54) is 0 Å². The van der Waals surface area contributed by atoms with Crippen molar-refractivity contribution in [3.8, 4) is 16.9 Å². The van der Waals surface area contributed by atoms with Crippen LogP contribution in [0.1, 0.15) is 40.8 Å². The zero-order valence-corrected chi connectivity index (χ0v) is 21.9. The lowest BCUT2D eigenvalue weighted by Gasteiger charge is -2.16. The van der Waals surface area contributed by atoms with Crippen molar-refractivity contribution in [2.24, 2.45) is 0 Å². The molecule has 0 saturated carbocycles. The van der Waals surface area contributed by atoms with Gasteiger partial charge in [0.25, 0.3) is 0 Å². The Kier molecular flexibility index (Phi) is 7.04. The Hall–Kier alpha value is -4.14. The van der Waals surface area contributed by atoms with Crippen molar-refractivity contribution in [3.63, 3.8) is 0 Å². The molecule has 200 valence electrons. The second kappa shape index (κ2) is 10.9. The minimum Gasteiger partial charge on any atom is -0.493 e. The van der Waals surface area contributed by atoms with Gasteiger partial charge in [-0.3, -0.25) is 4.68 Å². The maximum Gasteiger partial charge on any atom is 0.355 e. The Balaban J connectivity index is 1.34. The lowest BCUT2D eigenvalue weighted by atomic mass is 9.98. The largest absolute Gasteiger partial charge is 0.493 e. The monoisotopic (exact) mass is 525 g/mol. The average Bonchev–Trinajstić information content (AvgIpc) is 3.54. The first kappa shape index (κ1) is 25.2. The summed E-state index contributed by atoms with van der Waals surface area (Å²) in [4.78, 5) is 16.4. The molecule has 39 heavy (non-hydrogen) atoms. The van der Waals surface area contributed by atoms with Gasteiger partial charge in [0.05, 0.1) is 56.5 Å². The third kappa shape index (κ3) is 4.66. The normalized spacial score (nSPS) is 13.1. The van der Waals surface area contributed by atoms with Gasteiger partial charge in [-0.25, -0.2) is 4.79 Å². The van der Waals surface area contributed by atoms with Gasteiger partial charge < -0.3 is 24.3 Å². The van der Waals surface area contributed by atoms with Crippen LogP contribution in [0.15, 0.2) is 60.7 Å². The molecule has 2 N–H and O–H groups in total. The molecule has 6 rings (SSSR count). The summed E-state index contributed by atoms with van der Waals surface area (Å²) in [5.41, 5.74) is 5.43. The molecule has 0 saturated heterocycles. The SMILES string of the molecule is CCOC(=O)c1[nH]c2c(-c3c(CO)nn4c3COCC4)cccc2c1CCCOc1cccc2ccccc12. The molecule has 0 fully saturated rings. The number of ether oxygens (including phenoxy) is 3. The van der Waals surface area contributed by atoms with Gasteiger partial charge in [-0.1, -0.05) is 54.6 Å². The Bertz CT molecular complexity index is 1650. The number of aromatic amines is 1. The molecule has 5 aromatic rings. The number of fused-ring (bicyclic) bond motifs is 3. The van der Waals surface area contributed by atoms with Crippen molar-refractivity contribution in [2.45, 2.75) is 39.5 Å². The summed E-state index contributed by atoms with van der Waals surface area (Å²) >= 11 is 0. The van der Waals surface area contributed by atoms with E-state index in [1.54, 1.807) is 6.92 Å². The molecular formula is C31H31N3O5. The number of aliphatic hydroxyl groups excluding tert-OH is 1. The first-order valence-electron chi connectivity index (χ1n) is 13.4. The summed E-state index contributed by atoms with van der Waals surface area (Å²) in [5, 5.41) is 17.9. The van der Waals surface area contributed by atoms with Crippen molar-refractivity contribution in [3.05, 3.63) is 83.3 Å². The summed E-state index contributed by atoms with van der Waals surface area (Å²) in [6, 6.07) is 20.2. The van der Waals surface area contributed by atoms with Crippen molar-refractivity contribution >= 4 is 27.6 Å². The predicted octanol–water partition coefficient (Wildman–Crippen LogP) is 5.40. The number of carbonyl (C=O) groups excluding carboxylic acids is 1. The zero-order valence-electron chi connectivity index (χ0n) is 21.9. The fourth-order valence-electron chi connectivity index (χ4n) is 5.50. The van der Waals surface area contributed by atoms with Gasteiger partial charge in [0.15, 0.2) is 0 Å². The molecule has 3 heterocycles. The molecule has 1 aliphatic heterocycles. The molecule has 0 unspecified atom stereocenters. The fraction of sp³-hybridized carbons (Fsp3) is 0.290. The number of esters is 1. The van der Waals surface area contributed by atoms with E-state index >= 15 is 0 Å². The minimum atomic E-state index is -0.382. The van der Waals surface area contributed by atoms with Crippen LogP contribution in [-0.4, -0.2) is 45.7 Å². The van der Waals surface area contributed by atoms with E-state index in [4.69, 9.17) is 14.2 Å². The number of hydrogen-bond acceptors (Lipinski definition) is 6. The van der Waals surface area contributed by atoms with E-state index < -0.39 is 0 Å². The standard InChI is InChI=1S/C31H31N3O5/c1-2-38-31(36)30-23(13-7-16-39-27-14-5-9-20-8-3-4-10-21(20)27)22-11-6-12-24(29(22)32-30)28-25(18-35)33-34-15-17-37-19-26(28)34/h3-6,8-12,14,32,35H,2,7,13,15-19H2,1H3. The van der Waals surface area contributed by atoms with Gasteiger partial charge >= 0.3 is 5.97 Å². The number of benzene rings is 3. The van der Waals surface area contributed by atoms with E-state index in [2.05, 4.69) is 28.3 Å². The van der Waals surface area contributed by atoms with Crippen LogP contribution in [0.4, 0.5) is 0 Å². The van der Waals surface area contributed by atoms with Crippen LogP contribution < -0.4 is 4.74 Å². The number of aryl methyl sites for hydroxylation is 1. The molecular weight excluding hydrogens is 494 g/mol. The molecule has 0 atom stereocenters. The lowest BCUT2D eigenvalue weighted by molar-refractivity contribution is 0.0519. The molecule has 0 amide bonds. The minimum absolute atomic E-state index is 0.185. The number of aromatic nitrogens is 3. The summed E-state index contributed by atoms with van der Waals surface area (Å²) in [7, 11) is 0. The van der Waals surface area contributed by atoms with E-state index in [1.807, 2.05) is 47.1 Å². The Morgan fingerprint density at radius 3 is 2.79 bits per heavy atom. The number of rotatable bonds is 9. The van der Waals surface area contributed by atoms with E-state index in [9.17, 15) is 9.90 Å². The number of nitrogens with one attached hydrogen (secondary N) is 1. The highest BCUT2D eigenvalue weighted by molar-refractivity contribution is 6.04. The maximum absolute atomic E-state index is 13.0. The molecule has 0 radical (unpaired) electrons. The quantitative estimate of drug-likeness (QED) is 0.198. The van der Waals surface area contributed by atoms with Crippen LogP contribution in [0.3, 0.4) is 0 Å². The van der Waals surface area contributed by atoms with Crippen molar-refractivity contribution in [1.82, 2.24) is 14.8 Å². The van der Waals surface area contributed by atoms with Crippen LogP contribution in [-0.2, 0) is 35.7 Å². The molecule has 0 aliphatic carbocycles. The molecule has 1 aliphatic rings. The van der Waals surface area contributed by atoms with Gasteiger partial charge in [-0.15, -0.1) is 0 Å². The molecule has 3 aromatic carbocycles. The maximum atomic E-state index is 13.0. The summed E-state index contributed by atoms with van der Waals surface area (Å²) in [6.07, 6.45) is 1.34. The summed E-state index contributed by atoms with van der Waals surface area (Å²) in [6.45, 7) is 4.05. The number of para-hydroxylation sites is 1. The van der Waals surface area contributed by atoms with E-state index in [-0.39, 0.29) is 19.2 Å². The smallest absolute Gasteiger partial charge is 0.355 e. The highest BCUT2D eigenvalue weighted by Crippen LogP contribution is 2.37. The number of aliphatic hydroxyl groups is 1. The predicted molar refractivity (Wildman–Crippen MR) is 149 cm³/mol. The van der Waals surface area contributed by atoms with Crippen LogP contribution in [0.2, 0.25) is 0 Å². The van der Waals surface area contributed by atoms with Crippen LogP contribution in [0.25, 0.3) is 32.8 Å². The van der Waals surface area contributed by atoms with Gasteiger partial charge in [0.2, 0.25) is 0 Å². The second-order valence-corrected chi connectivity index (χ2v) is 9.56. The van der Waals surface area contributed by atoms with Crippen LogP contribution >= 0.6 is 0 Å². The lowest BCUT2D eigenvalue weighted by Crippen LogP contribution is -2.17. The highest BCUT2D eigenvalue weighted by atomic mass is 16.5. The topological polar surface area (TPSA) is 98.6 Å². The Morgan fingerprint density at radius 2 is 1.92 bits per heavy atom. The Labute approximate surface area is 226 Å². The van der Waals surface area contributed by atoms with Crippen LogP contribution in [0.5, 0.6) is 5.75 Å². The first-order chi connectivity index (χ1) is 19.2. The molecule has 8 heteroatoms. The highest BCUT2D eigenvalue weighted by Gasteiger charge is 2.26. The fourth-order valence-corrected chi connectivity index (χ4v) is 5.50. The number of hydrogen-bond donors (Lipinski definition) is 2. The molecule has 8 nitrogen and oxygen atoms in total.